The Kier molecular flexibility index (Phi) is 5.53. The molecule has 7 nitrogen and oxygen atoms in total. The zero-order valence-corrected chi connectivity index (χ0v) is 15.6. The van der Waals surface area contributed by atoms with Crippen LogP contribution in [0.15, 0.2) is 22.9 Å². The van der Waals surface area contributed by atoms with E-state index in [1.165, 1.54) is 0 Å². The molecule has 1 aliphatic heterocycles. The predicted molar refractivity (Wildman–Crippen MR) is 98.9 cm³/mol. The standard InChI is InChI=1S/C18H28N6O/c1-5-14-12-17(20-18(19-14)22(2)3)24-9-6-16(7-10-24)23(4)13-15-8-11-25-21-15/h8,11-12,16H,5-7,9-10,13H2,1-4H3. The SMILES string of the molecule is CCc1cc(N2CCC(N(C)Cc3ccon3)CC2)nc(N(C)C)n1. The lowest BCUT2D eigenvalue weighted by Gasteiger charge is -2.37. The van der Waals surface area contributed by atoms with E-state index in [0.717, 1.165) is 62.1 Å². The maximum atomic E-state index is 4.93. The molecule has 0 bridgehead atoms. The summed E-state index contributed by atoms with van der Waals surface area (Å²) in [5, 5.41) is 4.01. The summed E-state index contributed by atoms with van der Waals surface area (Å²) in [6.07, 6.45) is 4.80. The van der Waals surface area contributed by atoms with E-state index in [1.807, 2.05) is 25.1 Å². The largest absolute Gasteiger partial charge is 0.364 e. The summed E-state index contributed by atoms with van der Waals surface area (Å²) in [6.45, 7) is 5.00. The van der Waals surface area contributed by atoms with Gasteiger partial charge in [-0.2, -0.15) is 4.98 Å². The van der Waals surface area contributed by atoms with Gasteiger partial charge in [-0.1, -0.05) is 12.1 Å². The average Bonchev–Trinajstić information content (AvgIpc) is 3.14. The first-order valence-electron chi connectivity index (χ1n) is 8.96. The van der Waals surface area contributed by atoms with Crippen LogP contribution in [-0.4, -0.2) is 60.3 Å². The molecular formula is C18H28N6O. The zero-order chi connectivity index (χ0) is 17.8. The second-order valence-electron chi connectivity index (χ2n) is 6.89. The van der Waals surface area contributed by atoms with Crippen LogP contribution in [0.5, 0.6) is 0 Å². The van der Waals surface area contributed by atoms with Gasteiger partial charge in [0.05, 0.1) is 5.69 Å². The summed E-state index contributed by atoms with van der Waals surface area (Å²) in [4.78, 5) is 16.1. The molecule has 2 aromatic rings. The molecular weight excluding hydrogens is 316 g/mol. The van der Waals surface area contributed by atoms with Gasteiger partial charge in [0.1, 0.15) is 12.1 Å². The number of anilines is 2. The second kappa shape index (κ2) is 7.82. The molecule has 136 valence electrons. The van der Waals surface area contributed by atoms with E-state index in [-0.39, 0.29) is 0 Å². The van der Waals surface area contributed by atoms with Crippen LogP contribution in [0.2, 0.25) is 0 Å². The number of nitrogens with zero attached hydrogens (tertiary/aromatic N) is 6. The van der Waals surface area contributed by atoms with Crippen molar-refractivity contribution in [1.29, 1.82) is 0 Å². The van der Waals surface area contributed by atoms with Crippen LogP contribution >= 0.6 is 0 Å². The lowest BCUT2D eigenvalue weighted by Crippen LogP contribution is -2.43. The van der Waals surface area contributed by atoms with Gasteiger partial charge in [-0.15, -0.1) is 0 Å². The van der Waals surface area contributed by atoms with Crippen molar-refractivity contribution in [3.63, 3.8) is 0 Å². The average molecular weight is 344 g/mol. The van der Waals surface area contributed by atoms with Crippen LogP contribution in [0.3, 0.4) is 0 Å². The first-order chi connectivity index (χ1) is 12.1. The molecule has 2 aromatic heterocycles. The van der Waals surface area contributed by atoms with Gasteiger partial charge in [0, 0.05) is 57.6 Å². The maximum Gasteiger partial charge on any atom is 0.227 e. The summed E-state index contributed by atoms with van der Waals surface area (Å²) in [5.74, 6) is 1.84. The first kappa shape index (κ1) is 17.7. The fraction of sp³-hybridized carbons (Fsp3) is 0.611. The van der Waals surface area contributed by atoms with Gasteiger partial charge in [0.15, 0.2) is 0 Å². The Hall–Kier alpha value is -2.15. The molecule has 0 saturated carbocycles. The Balaban J connectivity index is 1.63. The lowest BCUT2D eigenvalue weighted by molar-refractivity contribution is 0.195. The van der Waals surface area contributed by atoms with Gasteiger partial charge in [0.2, 0.25) is 5.95 Å². The van der Waals surface area contributed by atoms with Crippen molar-refractivity contribution < 1.29 is 4.52 Å². The molecule has 0 unspecified atom stereocenters. The minimum Gasteiger partial charge on any atom is -0.364 e. The number of aryl methyl sites for hydroxylation is 1. The van der Waals surface area contributed by atoms with Crippen molar-refractivity contribution in [2.24, 2.45) is 0 Å². The lowest BCUT2D eigenvalue weighted by atomic mass is 10.0. The van der Waals surface area contributed by atoms with E-state index in [0.29, 0.717) is 6.04 Å². The molecule has 0 atom stereocenters. The van der Waals surface area contributed by atoms with Crippen molar-refractivity contribution in [1.82, 2.24) is 20.0 Å². The summed E-state index contributed by atoms with van der Waals surface area (Å²) in [7, 11) is 6.15. The Morgan fingerprint density at radius 1 is 1.16 bits per heavy atom. The molecule has 0 amide bonds. The Labute approximate surface area is 149 Å². The Bertz CT molecular complexity index is 664. The monoisotopic (exact) mass is 344 g/mol. The molecule has 1 fully saturated rings. The van der Waals surface area contributed by atoms with Gasteiger partial charge in [0.25, 0.3) is 0 Å². The predicted octanol–water partition coefficient (Wildman–Crippen LogP) is 2.19. The quantitative estimate of drug-likeness (QED) is 0.796. The Morgan fingerprint density at radius 3 is 2.52 bits per heavy atom. The van der Waals surface area contributed by atoms with Gasteiger partial charge in [-0.25, -0.2) is 4.98 Å². The molecule has 7 heteroatoms. The normalized spacial score (nSPS) is 15.8. The van der Waals surface area contributed by atoms with E-state index in [2.05, 4.69) is 40.0 Å². The van der Waals surface area contributed by atoms with E-state index >= 15 is 0 Å². The van der Waals surface area contributed by atoms with Crippen LogP contribution in [0, 0.1) is 0 Å². The smallest absolute Gasteiger partial charge is 0.227 e. The van der Waals surface area contributed by atoms with Crippen molar-refractivity contribution in [3.8, 4) is 0 Å². The molecule has 25 heavy (non-hydrogen) atoms. The van der Waals surface area contributed by atoms with Gasteiger partial charge >= 0.3 is 0 Å². The number of rotatable bonds is 6. The fourth-order valence-corrected chi connectivity index (χ4v) is 3.25. The summed E-state index contributed by atoms with van der Waals surface area (Å²) < 4.78 is 4.93. The molecule has 1 saturated heterocycles. The van der Waals surface area contributed by atoms with Crippen molar-refractivity contribution in [3.05, 3.63) is 29.8 Å². The highest BCUT2D eigenvalue weighted by molar-refractivity contribution is 5.46. The van der Waals surface area contributed by atoms with E-state index in [9.17, 15) is 0 Å². The van der Waals surface area contributed by atoms with Crippen molar-refractivity contribution in [2.45, 2.75) is 38.8 Å². The van der Waals surface area contributed by atoms with Crippen molar-refractivity contribution >= 4 is 11.8 Å². The second-order valence-corrected chi connectivity index (χ2v) is 6.89. The molecule has 3 heterocycles. The summed E-state index contributed by atoms with van der Waals surface area (Å²) in [6, 6.07) is 4.63. The third-order valence-electron chi connectivity index (χ3n) is 4.83. The Morgan fingerprint density at radius 2 is 1.92 bits per heavy atom. The highest BCUT2D eigenvalue weighted by Gasteiger charge is 2.24. The van der Waals surface area contributed by atoms with Crippen LogP contribution in [0.1, 0.15) is 31.2 Å². The third-order valence-corrected chi connectivity index (χ3v) is 4.83. The van der Waals surface area contributed by atoms with Crippen LogP contribution in [-0.2, 0) is 13.0 Å². The van der Waals surface area contributed by atoms with E-state index in [4.69, 9.17) is 9.51 Å². The van der Waals surface area contributed by atoms with Crippen LogP contribution in [0.4, 0.5) is 11.8 Å². The highest BCUT2D eigenvalue weighted by atomic mass is 16.5. The summed E-state index contributed by atoms with van der Waals surface area (Å²) >= 11 is 0. The number of hydrogen-bond acceptors (Lipinski definition) is 7. The highest BCUT2D eigenvalue weighted by Crippen LogP contribution is 2.23. The molecule has 0 spiro atoms. The van der Waals surface area contributed by atoms with Crippen molar-refractivity contribution in [2.75, 3.05) is 44.0 Å². The van der Waals surface area contributed by atoms with Crippen LogP contribution in [0.25, 0.3) is 0 Å². The van der Waals surface area contributed by atoms with Crippen LogP contribution < -0.4 is 9.80 Å². The minimum absolute atomic E-state index is 0.564. The zero-order valence-electron chi connectivity index (χ0n) is 15.6. The number of piperidine rings is 1. The third kappa shape index (κ3) is 4.28. The van der Waals surface area contributed by atoms with Gasteiger partial charge < -0.3 is 14.3 Å². The number of hydrogen-bond donors (Lipinski definition) is 0. The summed E-state index contributed by atoms with van der Waals surface area (Å²) in [5.41, 5.74) is 2.09. The molecule has 1 aliphatic rings. The molecule has 0 radical (unpaired) electrons. The van der Waals surface area contributed by atoms with E-state index in [1.54, 1.807) is 6.26 Å². The maximum absolute atomic E-state index is 4.93. The van der Waals surface area contributed by atoms with Gasteiger partial charge in [-0.05, 0) is 26.3 Å². The first-order valence-corrected chi connectivity index (χ1v) is 8.96. The molecule has 0 aromatic carbocycles. The topological polar surface area (TPSA) is 61.5 Å². The molecule has 0 N–H and O–H groups in total. The fourth-order valence-electron chi connectivity index (χ4n) is 3.25. The minimum atomic E-state index is 0.564. The van der Waals surface area contributed by atoms with E-state index < -0.39 is 0 Å². The number of aromatic nitrogens is 3. The molecule has 3 rings (SSSR count). The van der Waals surface area contributed by atoms with Gasteiger partial charge in [-0.3, -0.25) is 4.90 Å². The molecule has 0 aliphatic carbocycles.